The maximum Gasteiger partial charge on any atom is 0.161 e. The van der Waals surface area contributed by atoms with Crippen molar-refractivity contribution in [1.82, 2.24) is 0 Å². The van der Waals surface area contributed by atoms with E-state index in [2.05, 4.69) is 26.0 Å². The molecule has 9 heteroatoms. The zero-order valence-electron chi connectivity index (χ0n) is 31.5. The standard InChI is InChI=1S/C42H52O9/c1-25(19-29-11-15-33(43-5)37(21-29)45-7)49-35-17-13-31(23-39(35)47-9)41-27(3)28(4)42(51-41)32-14-18-36(40(24-32)48-10)50-26(2)20-30-12-16-34(44-6)38(22-30)46-8/h11-18,21-28,41-42H,19-20H2,1-10H3/t25-,26?,27?,28-,41?,42+/m1/s1. The summed E-state index contributed by atoms with van der Waals surface area (Å²) in [6.07, 6.45) is 0.921. The zero-order chi connectivity index (χ0) is 36.7. The van der Waals surface area contributed by atoms with Gasteiger partial charge in [0, 0.05) is 12.8 Å². The molecule has 1 aliphatic rings. The molecule has 4 aromatic carbocycles. The fraction of sp³-hybridized carbons (Fsp3) is 0.429. The highest BCUT2D eigenvalue weighted by molar-refractivity contribution is 5.47. The zero-order valence-corrected chi connectivity index (χ0v) is 31.5. The van der Waals surface area contributed by atoms with Gasteiger partial charge in [-0.25, -0.2) is 0 Å². The Morgan fingerprint density at radius 3 is 1.14 bits per heavy atom. The molecular formula is C42H52O9. The summed E-state index contributed by atoms with van der Waals surface area (Å²) in [5.41, 5.74) is 4.27. The van der Waals surface area contributed by atoms with Gasteiger partial charge in [-0.3, -0.25) is 0 Å². The van der Waals surface area contributed by atoms with Gasteiger partial charge in [0.25, 0.3) is 0 Å². The van der Waals surface area contributed by atoms with Crippen LogP contribution >= 0.6 is 0 Å². The summed E-state index contributed by atoms with van der Waals surface area (Å²) in [6, 6.07) is 24.0. The lowest BCUT2D eigenvalue weighted by Crippen LogP contribution is -2.16. The van der Waals surface area contributed by atoms with E-state index in [1.165, 1.54) is 0 Å². The van der Waals surface area contributed by atoms with Crippen molar-refractivity contribution in [2.45, 2.75) is 65.0 Å². The van der Waals surface area contributed by atoms with E-state index < -0.39 is 0 Å². The second-order valence-electron chi connectivity index (χ2n) is 13.2. The summed E-state index contributed by atoms with van der Waals surface area (Å²) in [7, 11) is 9.88. The molecule has 0 bridgehead atoms. The van der Waals surface area contributed by atoms with E-state index in [0.717, 1.165) is 22.3 Å². The minimum atomic E-state index is -0.124. The first-order valence-corrected chi connectivity index (χ1v) is 17.4. The van der Waals surface area contributed by atoms with Crippen LogP contribution in [0.25, 0.3) is 0 Å². The van der Waals surface area contributed by atoms with E-state index in [9.17, 15) is 0 Å². The fourth-order valence-corrected chi connectivity index (χ4v) is 6.83. The molecule has 0 N–H and O–H groups in total. The van der Waals surface area contributed by atoms with Crippen molar-refractivity contribution in [1.29, 1.82) is 0 Å². The molecule has 0 spiro atoms. The van der Waals surface area contributed by atoms with Crippen molar-refractivity contribution in [3.63, 3.8) is 0 Å². The number of hydrogen-bond acceptors (Lipinski definition) is 9. The van der Waals surface area contributed by atoms with Gasteiger partial charge in [0.2, 0.25) is 0 Å². The van der Waals surface area contributed by atoms with Crippen LogP contribution < -0.4 is 37.9 Å². The Labute approximate surface area is 302 Å². The van der Waals surface area contributed by atoms with Crippen molar-refractivity contribution in [2.75, 3.05) is 42.7 Å². The molecule has 1 saturated heterocycles. The molecule has 0 radical (unpaired) electrons. The van der Waals surface area contributed by atoms with E-state index in [4.69, 9.17) is 42.6 Å². The summed E-state index contributed by atoms with van der Waals surface area (Å²) in [5.74, 6) is 6.00. The highest BCUT2D eigenvalue weighted by Gasteiger charge is 2.41. The SMILES string of the molecule is COc1ccc(CC(C)Oc2ccc([C@H]3OC(c4ccc(O[C@H](C)Cc5ccc(OC)c(OC)c5)c(OC)c4)C(C)[C@H]3C)cc2OC)cc1OC. The smallest absolute Gasteiger partial charge is 0.161 e. The first-order valence-electron chi connectivity index (χ1n) is 17.4. The lowest BCUT2D eigenvalue weighted by atomic mass is 9.85. The van der Waals surface area contributed by atoms with Crippen LogP contribution in [0.1, 0.15) is 62.2 Å². The van der Waals surface area contributed by atoms with Crippen LogP contribution in [-0.2, 0) is 17.6 Å². The van der Waals surface area contributed by atoms with Crippen LogP contribution in [-0.4, -0.2) is 54.9 Å². The van der Waals surface area contributed by atoms with Crippen LogP contribution in [0, 0.1) is 11.8 Å². The molecule has 5 rings (SSSR count). The maximum atomic E-state index is 6.80. The predicted octanol–water partition coefficient (Wildman–Crippen LogP) is 8.84. The molecule has 9 nitrogen and oxygen atoms in total. The van der Waals surface area contributed by atoms with Crippen molar-refractivity contribution < 1.29 is 42.6 Å². The number of ether oxygens (including phenoxy) is 9. The third-order valence-electron chi connectivity index (χ3n) is 9.71. The highest BCUT2D eigenvalue weighted by atomic mass is 16.5. The summed E-state index contributed by atoms with van der Waals surface area (Å²) >= 11 is 0. The van der Waals surface area contributed by atoms with Gasteiger partial charge in [0.1, 0.15) is 12.2 Å². The molecule has 0 aromatic heterocycles. The molecule has 0 amide bonds. The Balaban J connectivity index is 1.26. The molecule has 4 aromatic rings. The average molecular weight is 701 g/mol. The summed E-state index contributed by atoms with van der Waals surface area (Å²) in [5, 5.41) is 0. The Bertz CT molecular complexity index is 1630. The van der Waals surface area contributed by atoms with E-state index >= 15 is 0 Å². The number of hydrogen-bond donors (Lipinski definition) is 0. The second-order valence-corrected chi connectivity index (χ2v) is 13.2. The van der Waals surface area contributed by atoms with Crippen molar-refractivity contribution in [3.05, 3.63) is 95.1 Å². The summed E-state index contributed by atoms with van der Waals surface area (Å²) < 4.78 is 52.9. The quantitative estimate of drug-likeness (QED) is 0.114. The molecule has 3 unspecified atom stereocenters. The molecule has 0 aliphatic carbocycles. The third kappa shape index (κ3) is 8.59. The monoisotopic (exact) mass is 700 g/mol. The van der Waals surface area contributed by atoms with Gasteiger partial charge in [0.05, 0.1) is 54.9 Å². The molecule has 6 atom stereocenters. The first-order chi connectivity index (χ1) is 24.6. The maximum absolute atomic E-state index is 6.80. The summed E-state index contributed by atoms with van der Waals surface area (Å²) in [6.45, 7) is 8.56. The molecule has 274 valence electrons. The molecule has 1 heterocycles. The van der Waals surface area contributed by atoms with Crippen LogP contribution in [0.4, 0.5) is 0 Å². The topological polar surface area (TPSA) is 83.1 Å². The molecule has 1 aliphatic heterocycles. The second kappa shape index (κ2) is 17.0. The van der Waals surface area contributed by atoms with E-state index in [1.807, 2.05) is 74.5 Å². The van der Waals surface area contributed by atoms with Gasteiger partial charge in [0.15, 0.2) is 46.0 Å². The van der Waals surface area contributed by atoms with E-state index in [-0.39, 0.29) is 36.3 Å². The first kappa shape index (κ1) is 37.5. The van der Waals surface area contributed by atoms with Crippen molar-refractivity contribution in [2.24, 2.45) is 11.8 Å². The minimum Gasteiger partial charge on any atom is -0.493 e. The lowest BCUT2D eigenvalue weighted by Gasteiger charge is -2.21. The number of methoxy groups -OCH3 is 6. The van der Waals surface area contributed by atoms with Gasteiger partial charge in [-0.15, -0.1) is 0 Å². The Hall–Kier alpha value is -4.76. The highest BCUT2D eigenvalue weighted by Crippen LogP contribution is 2.51. The van der Waals surface area contributed by atoms with E-state index in [1.54, 1.807) is 42.7 Å². The van der Waals surface area contributed by atoms with Gasteiger partial charge in [-0.1, -0.05) is 38.1 Å². The fourth-order valence-electron chi connectivity index (χ4n) is 6.83. The van der Waals surface area contributed by atoms with Crippen LogP contribution in [0.3, 0.4) is 0 Å². The van der Waals surface area contributed by atoms with Gasteiger partial charge >= 0.3 is 0 Å². The number of benzene rings is 4. The van der Waals surface area contributed by atoms with Gasteiger partial charge in [-0.05, 0) is 96.5 Å². The summed E-state index contributed by atoms with van der Waals surface area (Å²) in [4.78, 5) is 0. The van der Waals surface area contributed by atoms with Gasteiger partial charge in [-0.2, -0.15) is 0 Å². The third-order valence-corrected chi connectivity index (χ3v) is 9.71. The normalized spacial score (nSPS) is 19.5. The van der Waals surface area contributed by atoms with Crippen molar-refractivity contribution in [3.8, 4) is 46.0 Å². The van der Waals surface area contributed by atoms with Crippen LogP contribution in [0.5, 0.6) is 46.0 Å². The van der Waals surface area contributed by atoms with E-state index in [0.29, 0.717) is 58.8 Å². The van der Waals surface area contributed by atoms with Crippen molar-refractivity contribution >= 4 is 0 Å². The predicted molar refractivity (Wildman–Crippen MR) is 198 cm³/mol. The largest absolute Gasteiger partial charge is 0.493 e. The number of rotatable bonds is 16. The minimum absolute atomic E-state index is 0.107. The average Bonchev–Trinajstić information content (AvgIpc) is 3.44. The molecule has 0 saturated carbocycles. The van der Waals surface area contributed by atoms with Crippen LogP contribution in [0.2, 0.25) is 0 Å². The Morgan fingerprint density at radius 1 is 0.451 bits per heavy atom. The Kier molecular flexibility index (Phi) is 12.5. The van der Waals surface area contributed by atoms with Crippen LogP contribution in [0.15, 0.2) is 72.8 Å². The lowest BCUT2D eigenvalue weighted by molar-refractivity contribution is 0.0287. The molecule has 51 heavy (non-hydrogen) atoms. The molecule has 1 fully saturated rings. The van der Waals surface area contributed by atoms with Gasteiger partial charge < -0.3 is 42.6 Å². The Morgan fingerprint density at radius 2 is 0.784 bits per heavy atom. The molecular weight excluding hydrogens is 648 g/mol.